The predicted molar refractivity (Wildman–Crippen MR) is 597 cm³/mol. The number of hydrogen-bond acceptors (Lipinski definition) is 27. The average Bonchev–Trinajstić information content (AvgIpc) is 1.63. The third-order valence-electron chi connectivity index (χ3n) is 19.8. The number of halogens is 1. The Bertz CT molecular complexity index is 4600. The number of fused-ring (bicyclic) bond motifs is 9. The zero-order valence-electron chi connectivity index (χ0n) is 79.1. The van der Waals surface area contributed by atoms with Gasteiger partial charge in [-0.15, -0.1) is 11.6 Å². The molecule has 0 saturated carbocycles. The van der Waals surface area contributed by atoms with E-state index in [1.165, 1.54) is 52.5 Å². The van der Waals surface area contributed by atoms with Crippen LogP contribution in [0, 0.1) is 47.3 Å². The smallest absolute Gasteiger partial charge is 0.407 e. The average molecular weight is 2210 g/mol. The van der Waals surface area contributed by atoms with Gasteiger partial charge in [-0.3, -0.25) is 57.5 Å². The van der Waals surface area contributed by atoms with Crippen molar-refractivity contribution in [2.45, 2.75) is 154 Å². The largest absolute Gasteiger partial charge is 0.481 e. The maximum Gasteiger partial charge on any atom is 0.407 e. The van der Waals surface area contributed by atoms with Gasteiger partial charge < -0.3 is 86.9 Å². The molecule has 0 aromatic heterocycles. The van der Waals surface area contributed by atoms with Crippen LogP contribution in [-0.4, -0.2) is 195 Å². The highest BCUT2D eigenvalue weighted by Crippen LogP contribution is 2.47. The fourth-order valence-corrected chi connectivity index (χ4v) is 12.2. The number of ketones is 2. The molecule has 0 aliphatic heterocycles. The number of nitrogens with one attached hydrogen (secondary N) is 5. The molecular formula is C93H144ClN7O25S13. The number of amides is 5. The summed E-state index contributed by atoms with van der Waals surface area (Å²) in [7, 11) is 3.47. The first-order valence-electron chi connectivity index (χ1n) is 40.5. The fourth-order valence-electron chi connectivity index (χ4n) is 12.2. The number of aliphatic carboxylic acids is 4. The number of carbonyl (C=O) groups excluding carboxylic acids is 11. The molecule has 0 fully saturated rings. The first-order valence-corrected chi connectivity index (χ1v) is 45.3. The Morgan fingerprint density at radius 3 is 0.935 bits per heavy atom. The van der Waals surface area contributed by atoms with Crippen LogP contribution in [0.15, 0.2) is 146 Å². The summed E-state index contributed by atoms with van der Waals surface area (Å²) < 4.78 is 28.9. The molecule has 9 rings (SSSR count). The van der Waals surface area contributed by atoms with Crippen molar-refractivity contribution in [1.29, 1.82) is 0 Å². The molecule has 139 heavy (non-hydrogen) atoms. The van der Waals surface area contributed by atoms with Crippen molar-refractivity contribution in [2.75, 3.05) is 73.3 Å². The molecule has 0 bridgehead atoms. The first-order chi connectivity index (χ1) is 61.0. The monoisotopic (exact) mass is 2210 g/mol. The zero-order valence-corrected chi connectivity index (χ0v) is 91.9. The highest BCUT2D eigenvalue weighted by Gasteiger charge is 2.34. The molecule has 3 aliphatic carbocycles. The van der Waals surface area contributed by atoms with Crippen LogP contribution in [0.5, 0.6) is 0 Å². The molecule has 3 aliphatic rings. The molecule has 32 nitrogen and oxygen atoms in total. The van der Waals surface area contributed by atoms with Crippen molar-refractivity contribution in [3.8, 4) is 33.4 Å². The molecule has 6 aromatic rings. The van der Waals surface area contributed by atoms with Gasteiger partial charge in [0.2, 0.25) is 17.7 Å². The van der Waals surface area contributed by atoms with Gasteiger partial charge >= 0.3 is 59.9 Å². The third kappa shape index (κ3) is 57.4. The van der Waals surface area contributed by atoms with Gasteiger partial charge in [0.25, 0.3) is 0 Å². The standard InChI is InChI=1S/C20H21NO4.C19H18O4.C17H15NO4.C13H23NO4.C12H21NO4.C6H12N2O3.C3H7NO2.CH3Cl.2CH4.S3.S2.8H2S/c1-12(2)18(19(22)23)21-20(24)25-11-17-15-9-5-3-7-13(15)14-8-4-6-10-16(14)17;1-12(19(21)22)10-18(20)23-11-17-15-8-4-2-6-13(15)14-7-3-5-9-16(14)17;19-16(20)9-18-17(21)22-10-15-13-7-3-1-5-11(13)12-6-2-4-8-14(12)15;1-8(2)10(4)12(16)6-9(3)13(17)14-7-18-11(5)15;1-7(2)9(4)10(14)5-8(3)12(17)13-6-11(15)16;1-4(7)6(10)8-3-5(9)11-2;1-6-3(5)2-4;1-2;;;1-3-2;1-2;;;;;;;;/h3-10,12,17-18H,11H2,1-2H3,(H,21,24)(H,22,23);2-9,12,17H,10-11H2,1H3,(H,21,22);1-8,15H,9-10H2,(H,18,21)(H,19,20);8-10H,6-7H2,1-5H3,(H,14,17);7-9H,5-6H2,1-4H3,(H,13,17)(H,15,16);4H,3,7H2,1-2H3,(H,8,10);2,4H2,1H3;1H3;2*1H4;;;8*1H2/t18-;12-;;9-,10+;8-,9+;4-;;;;;;;;;;;;;;/m01.110............../s1. The van der Waals surface area contributed by atoms with E-state index in [1.807, 2.05) is 151 Å². The number of benzene rings is 6. The van der Waals surface area contributed by atoms with Crippen molar-refractivity contribution in [3.63, 3.8) is 0 Å². The second-order valence-electron chi connectivity index (χ2n) is 30.0. The number of hydrogen-bond donors (Lipinski definition) is 11. The van der Waals surface area contributed by atoms with Crippen LogP contribution in [0.25, 0.3) is 33.4 Å². The summed E-state index contributed by atoms with van der Waals surface area (Å²) >= 11 is 20.2. The van der Waals surface area contributed by atoms with Gasteiger partial charge in [-0.25, -0.2) is 14.4 Å². The molecule has 786 valence electrons. The van der Waals surface area contributed by atoms with E-state index >= 15 is 0 Å². The predicted octanol–water partition coefficient (Wildman–Crippen LogP) is 13.0. The van der Waals surface area contributed by atoms with E-state index in [9.17, 15) is 71.9 Å². The van der Waals surface area contributed by atoms with Crippen LogP contribution in [0.3, 0.4) is 0 Å². The number of alkyl carbamates (subject to hydrolysis) is 2. The van der Waals surface area contributed by atoms with Gasteiger partial charge in [-0.05, 0) is 91.4 Å². The number of ether oxygens (including phenoxy) is 6. The Hall–Kier alpha value is -8.52. The van der Waals surface area contributed by atoms with E-state index in [0.29, 0.717) is 0 Å². The van der Waals surface area contributed by atoms with E-state index in [1.54, 1.807) is 27.7 Å². The number of methoxy groups -OCH3 is 2. The molecule has 0 spiro atoms. The summed E-state index contributed by atoms with van der Waals surface area (Å²) in [6.45, 7) is 22.1. The summed E-state index contributed by atoms with van der Waals surface area (Å²) in [5.74, 6) is -8.46. The lowest BCUT2D eigenvalue weighted by molar-refractivity contribution is -0.151. The highest BCUT2D eigenvalue weighted by molar-refractivity contribution is 8.37. The summed E-state index contributed by atoms with van der Waals surface area (Å²) in [4.78, 5) is 166. The van der Waals surface area contributed by atoms with Gasteiger partial charge in [0, 0.05) is 121 Å². The molecule has 13 N–H and O–H groups in total. The number of nitrogens with two attached hydrogens (primary N) is 2. The number of rotatable bonds is 32. The minimum atomic E-state index is -1.10. The maximum absolute atomic E-state index is 12.0. The Kier molecular flexibility index (Phi) is 93.8. The second kappa shape index (κ2) is 85.1. The second-order valence-corrected chi connectivity index (χ2v) is 31.8. The van der Waals surface area contributed by atoms with Crippen LogP contribution < -0.4 is 38.1 Å². The molecule has 5 amide bonds. The molecule has 0 saturated heterocycles. The Morgan fingerprint density at radius 2 is 0.676 bits per heavy atom. The lowest BCUT2D eigenvalue weighted by atomic mass is 9.88. The summed E-state index contributed by atoms with van der Waals surface area (Å²) in [5, 5.41) is 46.6. The number of carboxylic acid groups (broad SMARTS) is 4. The van der Waals surface area contributed by atoms with Gasteiger partial charge in [-0.2, -0.15) is 108 Å². The molecule has 6 aromatic carbocycles. The normalized spacial score (nSPS) is 11.7. The van der Waals surface area contributed by atoms with Crippen molar-refractivity contribution in [1.82, 2.24) is 26.6 Å². The highest BCUT2D eigenvalue weighted by atomic mass is 35.5. The van der Waals surface area contributed by atoms with E-state index in [-0.39, 0.29) is 258 Å². The van der Waals surface area contributed by atoms with Gasteiger partial charge in [0.05, 0.1) is 39.1 Å². The minimum absolute atomic E-state index is 0. The van der Waals surface area contributed by atoms with Crippen molar-refractivity contribution in [2.24, 2.45) is 58.8 Å². The van der Waals surface area contributed by atoms with Gasteiger partial charge in [-0.1, -0.05) is 237 Å². The Morgan fingerprint density at radius 1 is 0.388 bits per heavy atom. The van der Waals surface area contributed by atoms with Crippen LogP contribution in [0.1, 0.15) is 175 Å². The lowest BCUT2D eigenvalue weighted by Gasteiger charge is -2.19. The Balaban J connectivity index is -0.000000153. The molecule has 7 atom stereocenters. The van der Waals surface area contributed by atoms with E-state index in [0.717, 1.165) is 64.5 Å². The van der Waals surface area contributed by atoms with E-state index < -0.39 is 103 Å². The topological polar surface area (TPSA) is 505 Å². The molecule has 0 unspecified atom stereocenters. The quantitative estimate of drug-likeness (QED) is 0.00808. The third-order valence-corrected chi connectivity index (χ3v) is 19.8. The number of alkyl halides is 1. The molecule has 0 heterocycles. The van der Waals surface area contributed by atoms with Crippen LogP contribution in [0.4, 0.5) is 9.59 Å². The van der Waals surface area contributed by atoms with Gasteiger partial charge in [0.1, 0.15) is 57.1 Å². The number of esters is 4. The lowest BCUT2D eigenvalue weighted by Crippen LogP contribution is -2.44. The van der Waals surface area contributed by atoms with Crippen molar-refractivity contribution < 1.29 is 121 Å². The Labute approximate surface area is 900 Å². The van der Waals surface area contributed by atoms with Crippen molar-refractivity contribution in [3.05, 3.63) is 179 Å². The van der Waals surface area contributed by atoms with E-state index in [2.05, 4.69) is 134 Å². The first kappa shape index (κ1) is 153. The van der Waals surface area contributed by atoms with Crippen LogP contribution in [0.2, 0.25) is 0 Å². The number of carbonyl (C=O) groups is 15. The summed E-state index contributed by atoms with van der Waals surface area (Å²) in [6.07, 6.45) is 0.314. The summed E-state index contributed by atoms with van der Waals surface area (Å²) in [6, 6.07) is 46.8. The molecule has 46 heteroatoms. The molecular weight excluding hydrogens is 2070 g/mol. The van der Waals surface area contributed by atoms with Crippen LogP contribution >= 0.6 is 120 Å². The SMILES string of the molecule is C.C.CC(=O)OCNC(=O)[C@H](C)CC(=O)[C@@H](C)C(C)C.CC(C)[C@H](C)C(=O)C[C@@H](C)C(=O)NCC(=O)O.CC(C)[C@H](NC(=O)OCC1c2ccccc2-c2ccccc21)C(=O)O.CCl.COC(=O)CN.COC(=O)CNC(=O)[C@H](C)N.C[C@H](CC(=O)OCC1c2ccccc2-c2ccccc21)C(=O)O.O=C(O)CNC(=O)OCC1c2ccccc2-c2ccccc21.S.S.S.S.S.S.S.S.S=S.S=S=S. The molecule has 0 radical (unpaired) electrons. The summed E-state index contributed by atoms with van der Waals surface area (Å²) in [5.41, 5.74) is 23.7. The fraction of sp³-hybridized carbons (Fsp3) is 0.452. The maximum atomic E-state index is 12.0. The van der Waals surface area contributed by atoms with E-state index in [4.69, 9.17) is 46.1 Å². The number of carboxylic acids is 4. The minimum Gasteiger partial charge on any atom is -0.481 e. The zero-order chi connectivity index (χ0) is 98.3. The van der Waals surface area contributed by atoms with Gasteiger partial charge in [0.15, 0.2) is 6.73 Å². The van der Waals surface area contributed by atoms with Crippen LogP contribution in [-0.2, 0) is 144 Å². The number of Topliss-reactive ketones (excluding diaryl/α,β-unsaturated/α-hetero) is 2. The van der Waals surface area contributed by atoms with Crippen molar-refractivity contribution >= 4 is 262 Å².